The summed E-state index contributed by atoms with van der Waals surface area (Å²) in [6.07, 6.45) is 3.64. The normalized spacial score (nSPS) is 19.7. The van der Waals surface area contributed by atoms with Gasteiger partial charge >= 0.3 is 0 Å². The van der Waals surface area contributed by atoms with Crippen molar-refractivity contribution in [2.75, 3.05) is 6.61 Å². The quantitative estimate of drug-likeness (QED) is 0.771. The third-order valence-corrected chi connectivity index (χ3v) is 4.29. The van der Waals surface area contributed by atoms with Crippen molar-refractivity contribution in [3.8, 4) is 5.75 Å². The first-order valence-electron chi connectivity index (χ1n) is 8.29. The van der Waals surface area contributed by atoms with Crippen LogP contribution in [0.4, 0.5) is 4.39 Å². The number of carbonyl (C=O) groups excluding carboxylic acids is 2. The van der Waals surface area contributed by atoms with E-state index in [1.54, 1.807) is 18.3 Å². The zero-order chi connectivity index (χ0) is 17.1. The fraction of sp³-hybridized carbons (Fsp3) is 0.421. The van der Waals surface area contributed by atoms with Crippen LogP contribution in [0, 0.1) is 5.92 Å². The average Bonchev–Trinajstić information content (AvgIpc) is 2.59. The lowest BCUT2D eigenvalue weighted by molar-refractivity contribution is -0.115. The lowest BCUT2D eigenvalue weighted by atomic mass is 9.97. The average molecular weight is 329 g/mol. The minimum Gasteiger partial charge on any atom is -0.493 e. The van der Waals surface area contributed by atoms with E-state index in [1.165, 1.54) is 0 Å². The SMILES string of the molecule is CC1C=NC(C(=O)CCC(=O)c2ccc3c(c2)CCCO3)=C(F)C1. The molecule has 1 atom stereocenters. The van der Waals surface area contributed by atoms with Gasteiger partial charge in [-0.15, -0.1) is 0 Å². The van der Waals surface area contributed by atoms with E-state index in [-0.39, 0.29) is 36.7 Å². The van der Waals surface area contributed by atoms with Crippen LogP contribution < -0.4 is 4.74 Å². The number of Topliss-reactive ketones (excluding diaryl/α,β-unsaturated/α-hetero) is 2. The molecule has 126 valence electrons. The summed E-state index contributed by atoms with van der Waals surface area (Å²) < 4.78 is 19.4. The summed E-state index contributed by atoms with van der Waals surface area (Å²) in [6.45, 7) is 2.54. The lowest BCUT2D eigenvalue weighted by Gasteiger charge is -2.17. The molecule has 1 aromatic carbocycles. The second-order valence-corrected chi connectivity index (χ2v) is 6.33. The number of ether oxygens (including phenoxy) is 1. The van der Waals surface area contributed by atoms with Crippen LogP contribution in [0.3, 0.4) is 0 Å². The Hall–Kier alpha value is -2.30. The van der Waals surface area contributed by atoms with Gasteiger partial charge in [0.25, 0.3) is 0 Å². The first-order valence-corrected chi connectivity index (χ1v) is 8.29. The molecule has 0 saturated carbocycles. The molecule has 2 heterocycles. The topological polar surface area (TPSA) is 55.7 Å². The van der Waals surface area contributed by atoms with Crippen molar-refractivity contribution in [3.63, 3.8) is 0 Å². The number of carbonyl (C=O) groups is 2. The number of halogens is 1. The van der Waals surface area contributed by atoms with E-state index in [0.717, 1.165) is 24.2 Å². The number of nitrogens with zero attached hydrogens (tertiary/aromatic N) is 1. The molecule has 0 fully saturated rings. The van der Waals surface area contributed by atoms with Crippen LogP contribution in [0.2, 0.25) is 0 Å². The molecule has 4 nitrogen and oxygen atoms in total. The molecule has 5 heteroatoms. The molecule has 0 radical (unpaired) electrons. The predicted molar refractivity (Wildman–Crippen MR) is 89.2 cm³/mol. The number of aryl methyl sites for hydroxylation is 1. The number of rotatable bonds is 5. The molecule has 0 bridgehead atoms. The summed E-state index contributed by atoms with van der Waals surface area (Å²) in [7, 11) is 0. The van der Waals surface area contributed by atoms with E-state index < -0.39 is 11.6 Å². The van der Waals surface area contributed by atoms with Crippen molar-refractivity contribution < 1.29 is 18.7 Å². The Bertz CT molecular complexity index is 736. The largest absolute Gasteiger partial charge is 0.493 e. The summed E-state index contributed by atoms with van der Waals surface area (Å²) >= 11 is 0. The van der Waals surface area contributed by atoms with Gasteiger partial charge < -0.3 is 4.74 Å². The minimum absolute atomic E-state index is 0.000830. The van der Waals surface area contributed by atoms with Gasteiger partial charge in [0, 0.05) is 31.0 Å². The number of hydrogen-bond acceptors (Lipinski definition) is 4. The Morgan fingerprint density at radius 3 is 2.88 bits per heavy atom. The summed E-state index contributed by atoms with van der Waals surface area (Å²) in [6, 6.07) is 5.36. The van der Waals surface area contributed by atoms with E-state index in [4.69, 9.17) is 4.74 Å². The molecule has 0 N–H and O–H groups in total. The molecule has 1 aromatic rings. The maximum atomic E-state index is 13.8. The van der Waals surface area contributed by atoms with Gasteiger partial charge in [0.15, 0.2) is 11.6 Å². The van der Waals surface area contributed by atoms with Crippen molar-refractivity contribution in [1.82, 2.24) is 0 Å². The molecule has 2 aliphatic heterocycles. The summed E-state index contributed by atoms with van der Waals surface area (Å²) in [5.41, 5.74) is 1.47. The van der Waals surface area contributed by atoms with Crippen LogP contribution in [0.1, 0.15) is 48.5 Å². The summed E-state index contributed by atoms with van der Waals surface area (Å²) in [5, 5.41) is 0. The van der Waals surface area contributed by atoms with Gasteiger partial charge in [-0.3, -0.25) is 14.6 Å². The minimum atomic E-state index is -0.478. The molecule has 24 heavy (non-hydrogen) atoms. The highest BCUT2D eigenvalue weighted by molar-refractivity contribution is 6.02. The van der Waals surface area contributed by atoms with Gasteiger partial charge in [0.1, 0.15) is 17.3 Å². The Morgan fingerprint density at radius 1 is 1.29 bits per heavy atom. The molecule has 0 aliphatic carbocycles. The fourth-order valence-corrected chi connectivity index (χ4v) is 2.95. The fourth-order valence-electron chi connectivity index (χ4n) is 2.95. The highest BCUT2D eigenvalue weighted by Gasteiger charge is 2.21. The third-order valence-electron chi connectivity index (χ3n) is 4.29. The van der Waals surface area contributed by atoms with Crippen LogP contribution in [0.5, 0.6) is 5.75 Å². The number of allylic oxidation sites excluding steroid dienone is 2. The summed E-state index contributed by atoms with van der Waals surface area (Å²) in [4.78, 5) is 28.3. The first kappa shape index (κ1) is 16.6. The van der Waals surface area contributed by atoms with Crippen LogP contribution in [-0.4, -0.2) is 24.4 Å². The standard InChI is InChI=1S/C19H20FNO3/c1-12-9-15(20)19(21-11-12)17(23)6-5-16(22)13-4-7-18-14(10-13)3-2-8-24-18/h4,7,10-12H,2-3,5-6,8-9H2,1H3. The van der Waals surface area contributed by atoms with Crippen LogP contribution in [0.15, 0.2) is 34.7 Å². The zero-order valence-electron chi connectivity index (χ0n) is 13.7. The molecular formula is C19H20FNO3. The number of ketones is 2. The van der Waals surface area contributed by atoms with Crippen molar-refractivity contribution >= 4 is 17.8 Å². The van der Waals surface area contributed by atoms with Crippen molar-refractivity contribution in [1.29, 1.82) is 0 Å². The maximum Gasteiger partial charge on any atom is 0.184 e. The smallest absolute Gasteiger partial charge is 0.184 e. The molecule has 0 amide bonds. The number of fused-ring (bicyclic) bond motifs is 1. The second-order valence-electron chi connectivity index (χ2n) is 6.33. The molecule has 3 rings (SSSR count). The first-order chi connectivity index (χ1) is 11.5. The Labute approximate surface area is 140 Å². The van der Waals surface area contributed by atoms with Crippen molar-refractivity contribution in [2.45, 2.75) is 39.0 Å². The van der Waals surface area contributed by atoms with E-state index in [1.807, 2.05) is 13.0 Å². The van der Waals surface area contributed by atoms with Crippen molar-refractivity contribution in [2.24, 2.45) is 10.9 Å². The van der Waals surface area contributed by atoms with Gasteiger partial charge in [0.2, 0.25) is 0 Å². The molecule has 2 aliphatic rings. The molecular weight excluding hydrogens is 309 g/mol. The highest BCUT2D eigenvalue weighted by atomic mass is 19.1. The van der Waals surface area contributed by atoms with Gasteiger partial charge in [-0.05, 0) is 42.5 Å². The van der Waals surface area contributed by atoms with E-state index in [2.05, 4.69) is 4.99 Å². The maximum absolute atomic E-state index is 13.8. The van der Waals surface area contributed by atoms with Gasteiger partial charge in [-0.1, -0.05) is 6.92 Å². The lowest BCUT2D eigenvalue weighted by Crippen LogP contribution is -2.13. The Balaban J connectivity index is 1.62. The van der Waals surface area contributed by atoms with Gasteiger partial charge in [-0.2, -0.15) is 0 Å². The van der Waals surface area contributed by atoms with Crippen LogP contribution >= 0.6 is 0 Å². The third kappa shape index (κ3) is 3.61. The van der Waals surface area contributed by atoms with Gasteiger partial charge in [0.05, 0.1) is 6.61 Å². The second kappa shape index (κ2) is 7.07. The van der Waals surface area contributed by atoms with Crippen molar-refractivity contribution in [3.05, 3.63) is 40.8 Å². The number of hydrogen-bond donors (Lipinski definition) is 0. The number of aliphatic imine (C=N–C) groups is 1. The van der Waals surface area contributed by atoms with Gasteiger partial charge in [-0.25, -0.2) is 4.39 Å². The van der Waals surface area contributed by atoms with E-state index >= 15 is 0 Å². The summed E-state index contributed by atoms with van der Waals surface area (Å²) in [5.74, 6) is -0.183. The molecule has 0 aromatic heterocycles. The van der Waals surface area contributed by atoms with Crippen LogP contribution in [0.25, 0.3) is 0 Å². The molecule has 1 unspecified atom stereocenters. The van der Waals surface area contributed by atoms with E-state index in [9.17, 15) is 14.0 Å². The molecule has 0 saturated heterocycles. The zero-order valence-corrected chi connectivity index (χ0v) is 13.7. The monoisotopic (exact) mass is 329 g/mol. The Morgan fingerprint density at radius 2 is 2.08 bits per heavy atom. The highest BCUT2D eigenvalue weighted by Crippen LogP contribution is 2.27. The number of benzene rings is 1. The van der Waals surface area contributed by atoms with E-state index in [0.29, 0.717) is 12.2 Å². The van der Waals surface area contributed by atoms with Crippen LogP contribution in [-0.2, 0) is 11.2 Å². The predicted octanol–water partition coefficient (Wildman–Crippen LogP) is 3.84. The Kier molecular flexibility index (Phi) is 4.88. The molecule has 0 spiro atoms.